The van der Waals surface area contributed by atoms with Crippen molar-refractivity contribution in [2.45, 2.75) is 33.9 Å². The van der Waals surface area contributed by atoms with Gasteiger partial charge in [-0.3, -0.25) is 10.1 Å². The van der Waals surface area contributed by atoms with Gasteiger partial charge in [0.1, 0.15) is 30.3 Å². The van der Waals surface area contributed by atoms with E-state index in [9.17, 15) is 9.18 Å². The lowest BCUT2D eigenvalue weighted by Gasteiger charge is -2.10. The van der Waals surface area contributed by atoms with Crippen LogP contribution in [0.4, 0.5) is 10.3 Å². The van der Waals surface area contributed by atoms with Crippen molar-refractivity contribution in [3.8, 4) is 5.75 Å². The molecule has 2 aromatic heterocycles. The van der Waals surface area contributed by atoms with E-state index < -0.39 is 5.91 Å². The summed E-state index contributed by atoms with van der Waals surface area (Å²) in [5.74, 6) is 0.540. The Hall–Kier alpha value is -4.01. The molecule has 0 aliphatic carbocycles. The fraction of sp³-hybridized carbons (Fsp3) is 0.217. The first-order valence-electron chi connectivity index (χ1n) is 9.99. The molecule has 8 nitrogen and oxygen atoms in total. The van der Waals surface area contributed by atoms with Gasteiger partial charge in [-0.15, -0.1) is 5.10 Å². The van der Waals surface area contributed by atoms with Crippen molar-refractivity contribution < 1.29 is 18.4 Å². The average Bonchev–Trinajstić information content (AvgIpc) is 3.35. The minimum Gasteiger partial charge on any atom is -0.488 e. The molecule has 164 valence electrons. The third kappa shape index (κ3) is 4.83. The van der Waals surface area contributed by atoms with Crippen LogP contribution in [0, 0.1) is 26.6 Å². The number of benzene rings is 2. The fourth-order valence-electron chi connectivity index (χ4n) is 3.22. The second kappa shape index (κ2) is 9.01. The molecule has 0 unspecified atom stereocenters. The number of carbonyl (C=O) groups excluding carboxylic acids is 1. The van der Waals surface area contributed by atoms with Crippen LogP contribution in [0.1, 0.15) is 38.5 Å². The molecule has 0 aliphatic heterocycles. The Bertz CT molecular complexity index is 1250. The zero-order valence-electron chi connectivity index (χ0n) is 17.9. The normalized spacial score (nSPS) is 10.9. The van der Waals surface area contributed by atoms with Gasteiger partial charge in [0.05, 0.1) is 12.1 Å². The lowest BCUT2D eigenvalue weighted by molar-refractivity contribution is 0.101. The molecule has 0 aliphatic rings. The Morgan fingerprint density at radius 1 is 1.16 bits per heavy atom. The largest absolute Gasteiger partial charge is 0.488 e. The molecule has 2 heterocycles. The summed E-state index contributed by atoms with van der Waals surface area (Å²) in [6.45, 7) is 6.22. The summed E-state index contributed by atoms with van der Waals surface area (Å²) in [5.41, 5.74) is 3.66. The van der Waals surface area contributed by atoms with Crippen LogP contribution in [-0.2, 0) is 13.2 Å². The number of rotatable bonds is 7. The van der Waals surface area contributed by atoms with E-state index in [2.05, 4.69) is 20.6 Å². The molecule has 0 saturated heterocycles. The number of carbonyl (C=O) groups is 1. The third-order valence-corrected chi connectivity index (χ3v) is 4.92. The standard InChI is InChI=1S/C23H22FN5O3/c1-14-4-9-20(15(2)10-14)31-12-19-16(3)32-28-21(19)22(30)26-23-25-13-29(27-23)11-17-5-7-18(24)8-6-17/h4-10,13H,11-12H2,1-3H3,(H,26,27,30). The van der Waals surface area contributed by atoms with E-state index in [1.54, 1.807) is 23.7 Å². The molecule has 0 bridgehead atoms. The van der Waals surface area contributed by atoms with E-state index in [1.165, 1.54) is 18.5 Å². The molecular weight excluding hydrogens is 413 g/mol. The van der Waals surface area contributed by atoms with Gasteiger partial charge in [-0.25, -0.2) is 14.1 Å². The first-order chi connectivity index (χ1) is 15.4. The lowest BCUT2D eigenvalue weighted by atomic mass is 10.1. The number of anilines is 1. The SMILES string of the molecule is Cc1ccc(OCc2c(C(=O)Nc3ncn(Cc4ccc(F)cc4)n3)noc2C)c(C)c1. The van der Waals surface area contributed by atoms with Gasteiger partial charge in [-0.1, -0.05) is 35.0 Å². The second-order valence-corrected chi connectivity index (χ2v) is 7.47. The lowest BCUT2D eigenvalue weighted by Crippen LogP contribution is -2.16. The minimum absolute atomic E-state index is 0.113. The van der Waals surface area contributed by atoms with Gasteiger partial charge in [0.2, 0.25) is 5.95 Å². The minimum atomic E-state index is -0.499. The summed E-state index contributed by atoms with van der Waals surface area (Å²) in [6, 6.07) is 12.0. The predicted octanol–water partition coefficient (Wildman–Crippen LogP) is 4.21. The van der Waals surface area contributed by atoms with Crippen LogP contribution in [-0.4, -0.2) is 25.8 Å². The quantitative estimate of drug-likeness (QED) is 0.467. The first kappa shape index (κ1) is 21.2. The number of hydrogen-bond acceptors (Lipinski definition) is 6. The fourth-order valence-corrected chi connectivity index (χ4v) is 3.22. The van der Waals surface area contributed by atoms with E-state index in [-0.39, 0.29) is 24.1 Å². The molecule has 1 amide bonds. The summed E-state index contributed by atoms with van der Waals surface area (Å²) in [5, 5.41) is 10.7. The van der Waals surface area contributed by atoms with Crippen LogP contribution in [0.5, 0.6) is 5.75 Å². The predicted molar refractivity (Wildman–Crippen MR) is 115 cm³/mol. The smallest absolute Gasteiger partial charge is 0.280 e. The Balaban J connectivity index is 1.43. The van der Waals surface area contributed by atoms with Crippen molar-refractivity contribution in [1.82, 2.24) is 19.9 Å². The van der Waals surface area contributed by atoms with Gasteiger partial charge < -0.3 is 9.26 Å². The Kier molecular flexibility index (Phi) is 5.98. The number of hydrogen-bond donors (Lipinski definition) is 1. The Labute approximate surface area is 184 Å². The highest BCUT2D eigenvalue weighted by Crippen LogP contribution is 2.22. The Morgan fingerprint density at radius 2 is 1.94 bits per heavy atom. The summed E-state index contributed by atoms with van der Waals surface area (Å²) >= 11 is 0. The van der Waals surface area contributed by atoms with Crippen molar-refractivity contribution in [2.24, 2.45) is 0 Å². The summed E-state index contributed by atoms with van der Waals surface area (Å²) in [7, 11) is 0. The third-order valence-electron chi connectivity index (χ3n) is 4.92. The van der Waals surface area contributed by atoms with Crippen molar-refractivity contribution in [2.75, 3.05) is 5.32 Å². The average molecular weight is 435 g/mol. The van der Waals surface area contributed by atoms with Crippen LogP contribution in [0.3, 0.4) is 0 Å². The first-order valence-corrected chi connectivity index (χ1v) is 9.99. The van der Waals surface area contributed by atoms with Gasteiger partial charge in [-0.2, -0.15) is 0 Å². The number of aryl methyl sites for hydroxylation is 3. The highest BCUT2D eigenvalue weighted by molar-refractivity contribution is 6.02. The molecule has 4 rings (SSSR count). The molecule has 9 heteroatoms. The van der Waals surface area contributed by atoms with Crippen LogP contribution in [0.25, 0.3) is 0 Å². The monoisotopic (exact) mass is 435 g/mol. The van der Waals surface area contributed by atoms with Crippen LogP contribution >= 0.6 is 0 Å². The molecule has 0 fully saturated rings. The van der Waals surface area contributed by atoms with Crippen molar-refractivity contribution in [3.05, 3.63) is 88.3 Å². The molecule has 0 radical (unpaired) electrons. The number of nitrogens with zero attached hydrogens (tertiary/aromatic N) is 4. The maximum absolute atomic E-state index is 13.1. The molecule has 0 spiro atoms. The van der Waals surface area contributed by atoms with Crippen molar-refractivity contribution in [3.63, 3.8) is 0 Å². The molecule has 32 heavy (non-hydrogen) atoms. The maximum Gasteiger partial charge on any atom is 0.280 e. The van der Waals surface area contributed by atoms with Gasteiger partial charge in [0.15, 0.2) is 5.69 Å². The number of halogens is 1. The van der Waals surface area contributed by atoms with Crippen LogP contribution in [0.2, 0.25) is 0 Å². The van der Waals surface area contributed by atoms with Crippen LogP contribution < -0.4 is 10.1 Å². The molecule has 1 N–H and O–H groups in total. The molecule has 2 aromatic carbocycles. The van der Waals surface area contributed by atoms with Crippen molar-refractivity contribution >= 4 is 11.9 Å². The number of amides is 1. The van der Waals surface area contributed by atoms with E-state index in [0.29, 0.717) is 17.9 Å². The van der Waals surface area contributed by atoms with Gasteiger partial charge >= 0.3 is 0 Å². The number of ether oxygens (including phenoxy) is 1. The highest BCUT2D eigenvalue weighted by Gasteiger charge is 2.22. The van der Waals surface area contributed by atoms with Crippen molar-refractivity contribution in [1.29, 1.82) is 0 Å². The zero-order valence-corrected chi connectivity index (χ0v) is 17.9. The second-order valence-electron chi connectivity index (χ2n) is 7.47. The summed E-state index contributed by atoms with van der Waals surface area (Å²) in [4.78, 5) is 16.9. The summed E-state index contributed by atoms with van der Waals surface area (Å²) < 4.78 is 25.7. The van der Waals surface area contributed by atoms with E-state index in [1.807, 2.05) is 32.0 Å². The molecule has 0 saturated carbocycles. The zero-order chi connectivity index (χ0) is 22.7. The van der Waals surface area contributed by atoms with Crippen LogP contribution in [0.15, 0.2) is 53.3 Å². The maximum atomic E-state index is 13.1. The number of nitrogens with one attached hydrogen (secondary N) is 1. The van der Waals surface area contributed by atoms with Gasteiger partial charge in [0.25, 0.3) is 5.91 Å². The van der Waals surface area contributed by atoms with E-state index >= 15 is 0 Å². The molecular formula is C23H22FN5O3. The molecule has 0 atom stereocenters. The summed E-state index contributed by atoms with van der Waals surface area (Å²) in [6.07, 6.45) is 1.48. The van der Waals surface area contributed by atoms with Gasteiger partial charge in [-0.05, 0) is 50.1 Å². The van der Waals surface area contributed by atoms with Gasteiger partial charge in [0, 0.05) is 0 Å². The topological polar surface area (TPSA) is 95.1 Å². The number of aromatic nitrogens is 4. The van der Waals surface area contributed by atoms with E-state index in [0.717, 1.165) is 22.4 Å². The van der Waals surface area contributed by atoms with E-state index in [4.69, 9.17) is 9.26 Å². The Morgan fingerprint density at radius 3 is 2.69 bits per heavy atom. The highest BCUT2D eigenvalue weighted by atomic mass is 19.1. The molecule has 4 aromatic rings.